The Labute approximate surface area is 144 Å². The molecule has 6 nitrogen and oxygen atoms in total. The van der Waals surface area contributed by atoms with Crippen molar-refractivity contribution in [3.63, 3.8) is 0 Å². The van der Waals surface area contributed by atoms with Gasteiger partial charge in [0, 0.05) is 37.3 Å². The summed E-state index contributed by atoms with van der Waals surface area (Å²) in [5.74, 6) is -0.0883. The van der Waals surface area contributed by atoms with Gasteiger partial charge >= 0.3 is 0 Å². The molecular formula is C15H17ClFN3O3S. The Balaban J connectivity index is 1.67. The van der Waals surface area contributed by atoms with Crippen molar-refractivity contribution in [2.45, 2.75) is 18.4 Å². The third-order valence-corrected chi connectivity index (χ3v) is 6.07. The molecule has 2 aromatic rings. The number of rotatable bonds is 4. The fraction of sp³-hybridized carbons (Fsp3) is 0.400. The molecule has 3 rings (SSSR count). The summed E-state index contributed by atoms with van der Waals surface area (Å²) < 4.78 is 45.6. The summed E-state index contributed by atoms with van der Waals surface area (Å²) in [5.41, 5.74) is 0.810. The predicted octanol–water partition coefficient (Wildman–Crippen LogP) is 2.28. The number of benzene rings is 1. The standard InChI is InChI=1S/C15H17ClFN3O3S/c1-11-8-13(23-18-11)10-19-4-6-20(7-5-19)24(21,22)15-3-2-12(16)9-14(15)17/h2-3,8-9H,4-7,10H2,1H3. The van der Waals surface area contributed by atoms with E-state index in [1.165, 1.54) is 16.4 Å². The molecule has 0 N–H and O–H groups in total. The molecule has 0 spiro atoms. The van der Waals surface area contributed by atoms with Crippen LogP contribution >= 0.6 is 11.6 Å². The van der Waals surface area contributed by atoms with E-state index in [4.69, 9.17) is 16.1 Å². The lowest BCUT2D eigenvalue weighted by Crippen LogP contribution is -2.48. The average Bonchev–Trinajstić information content (AvgIpc) is 2.92. The van der Waals surface area contributed by atoms with Gasteiger partial charge in [0.05, 0.1) is 12.2 Å². The first-order valence-electron chi connectivity index (χ1n) is 7.46. The Bertz CT molecular complexity index is 832. The summed E-state index contributed by atoms with van der Waals surface area (Å²) >= 11 is 5.68. The topological polar surface area (TPSA) is 66.7 Å². The van der Waals surface area contributed by atoms with Crippen LogP contribution in [0.4, 0.5) is 4.39 Å². The van der Waals surface area contributed by atoms with E-state index in [1.807, 2.05) is 13.0 Å². The van der Waals surface area contributed by atoms with Gasteiger partial charge in [-0.25, -0.2) is 12.8 Å². The minimum Gasteiger partial charge on any atom is -0.360 e. The number of hydrogen-bond donors (Lipinski definition) is 0. The van der Waals surface area contributed by atoms with Crippen LogP contribution in [-0.4, -0.2) is 49.0 Å². The second kappa shape index (κ2) is 6.79. The molecule has 1 aromatic heterocycles. The highest BCUT2D eigenvalue weighted by Crippen LogP contribution is 2.23. The van der Waals surface area contributed by atoms with Gasteiger partial charge < -0.3 is 4.52 Å². The van der Waals surface area contributed by atoms with Crippen LogP contribution in [0.25, 0.3) is 0 Å². The number of nitrogens with zero attached hydrogens (tertiary/aromatic N) is 3. The molecule has 0 aliphatic carbocycles. The molecule has 2 heterocycles. The van der Waals surface area contributed by atoms with Gasteiger partial charge in [-0.1, -0.05) is 16.8 Å². The van der Waals surface area contributed by atoms with Crippen LogP contribution in [0, 0.1) is 12.7 Å². The van der Waals surface area contributed by atoms with Gasteiger partial charge in [-0.2, -0.15) is 4.31 Å². The van der Waals surface area contributed by atoms with Gasteiger partial charge in [0.1, 0.15) is 10.7 Å². The Morgan fingerprint density at radius 2 is 1.96 bits per heavy atom. The van der Waals surface area contributed by atoms with Crippen molar-refractivity contribution in [1.29, 1.82) is 0 Å². The number of sulfonamides is 1. The van der Waals surface area contributed by atoms with Gasteiger partial charge in [-0.15, -0.1) is 0 Å². The van der Waals surface area contributed by atoms with Crippen molar-refractivity contribution in [2.75, 3.05) is 26.2 Å². The highest BCUT2D eigenvalue weighted by Gasteiger charge is 2.30. The molecule has 1 fully saturated rings. The normalized spacial score (nSPS) is 17.3. The van der Waals surface area contributed by atoms with Crippen LogP contribution in [0.3, 0.4) is 0 Å². The first-order valence-corrected chi connectivity index (χ1v) is 9.28. The average molecular weight is 374 g/mol. The molecule has 1 saturated heterocycles. The van der Waals surface area contributed by atoms with Crippen LogP contribution in [0.2, 0.25) is 5.02 Å². The van der Waals surface area contributed by atoms with Gasteiger partial charge in [0.2, 0.25) is 10.0 Å². The number of aryl methyl sites for hydroxylation is 1. The lowest BCUT2D eigenvalue weighted by atomic mass is 10.3. The quantitative estimate of drug-likeness (QED) is 0.822. The molecule has 1 aliphatic rings. The van der Waals surface area contributed by atoms with Crippen molar-refractivity contribution in [3.05, 3.63) is 46.6 Å². The molecule has 0 amide bonds. The third-order valence-electron chi connectivity index (χ3n) is 3.90. The van der Waals surface area contributed by atoms with Crippen molar-refractivity contribution in [2.24, 2.45) is 0 Å². The second-order valence-electron chi connectivity index (χ2n) is 5.69. The highest BCUT2D eigenvalue weighted by atomic mass is 35.5. The lowest BCUT2D eigenvalue weighted by molar-refractivity contribution is 0.166. The van der Waals surface area contributed by atoms with Crippen molar-refractivity contribution in [1.82, 2.24) is 14.4 Å². The first-order chi connectivity index (χ1) is 11.4. The zero-order valence-corrected chi connectivity index (χ0v) is 14.6. The summed E-state index contributed by atoms with van der Waals surface area (Å²) in [6, 6.07) is 5.44. The molecule has 0 radical (unpaired) electrons. The Morgan fingerprint density at radius 1 is 1.25 bits per heavy atom. The molecule has 1 aromatic carbocycles. The van der Waals surface area contributed by atoms with E-state index in [0.29, 0.717) is 19.6 Å². The van der Waals surface area contributed by atoms with Crippen LogP contribution in [0.1, 0.15) is 11.5 Å². The Hall–Kier alpha value is -1.48. The van der Waals surface area contributed by atoms with Crippen molar-refractivity contribution in [3.8, 4) is 0 Å². The maximum Gasteiger partial charge on any atom is 0.246 e. The summed E-state index contributed by atoms with van der Waals surface area (Å²) in [7, 11) is -3.86. The zero-order valence-electron chi connectivity index (χ0n) is 13.1. The molecule has 1 aliphatic heterocycles. The van der Waals surface area contributed by atoms with Crippen LogP contribution in [0.5, 0.6) is 0 Å². The lowest BCUT2D eigenvalue weighted by Gasteiger charge is -2.33. The van der Waals surface area contributed by atoms with Crippen molar-refractivity contribution >= 4 is 21.6 Å². The van der Waals surface area contributed by atoms with Gasteiger partial charge in [-0.05, 0) is 25.1 Å². The maximum absolute atomic E-state index is 13.9. The SMILES string of the molecule is Cc1cc(CN2CCN(S(=O)(=O)c3ccc(Cl)cc3F)CC2)on1. The molecule has 9 heteroatoms. The fourth-order valence-corrected chi connectivity index (χ4v) is 4.29. The Morgan fingerprint density at radius 3 is 2.54 bits per heavy atom. The van der Waals surface area contributed by atoms with E-state index in [9.17, 15) is 12.8 Å². The van der Waals surface area contributed by atoms with E-state index in [2.05, 4.69) is 10.1 Å². The second-order valence-corrected chi connectivity index (χ2v) is 8.03. The highest BCUT2D eigenvalue weighted by molar-refractivity contribution is 7.89. The first kappa shape index (κ1) is 17.3. The van der Waals surface area contributed by atoms with E-state index in [-0.39, 0.29) is 23.0 Å². The third kappa shape index (κ3) is 3.61. The van der Waals surface area contributed by atoms with Crippen molar-refractivity contribution < 1.29 is 17.3 Å². The summed E-state index contributed by atoms with van der Waals surface area (Å²) in [4.78, 5) is 1.73. The molecular weight excluding hydrogens is 357 g/mol. The van der Waals surface area contributed by atoms with E-state index in [1.54, 1.807) is 0 Å². The Kier molecular flexibility index (Phi) is 4.91. The monoisotopic (exact) mass is 373 g/mol. The molecule has 0 atom stereocenters. The minimum absolute atomic E-state index is 0.165. The van der Waals surface area contributed by atoms with Gasteiger partial charge in [0.25, 0.3) is 0 Å². The van der Waals surface area contributed by atoms with Gasteiger partial charge in [0.15, 0.2) is 5.76 Å². The minimum atomic E-state index is -3.86. The molecule has 130 valence electrons. The van der Waals surface area contributed by atoms with E-state index < -0.39 is 15.8 Å². The van der Waals surface area contributed by atoms with Crippen LogP contribution < -0.4 is 0 Å². The fourth-order valence-electron chi connectivity index (χ4n) is 2.66. The van der Waals surface area contributed by atoms with E-state index >= 15 is 0 Å². The molecule has 0 unspecified atom stereocenters. The smallest absolute Gasteiger partial charge is 0.246 e. The summed E-state index contributed by atoms with van der Waals surface area (Å²) in [5, 5.41) is 4.00. The number of hydrogen-bond acceptors (Lipinski definition) is 5. The number of aromatic nitrogens is 1. The molecule has 0 saturated carbocycles. The summed E-state index contributed by atoms with van der Waals surface area (Å²) in [6.07, 6.45) is 0. The summed E-state index contributed by atoms with van der Waals surface area (Å²) in [6.45, 7) is 4.07. The van der Waals surface area contributed by atoms with E-state index in [0.717, 1.165) is 17.5 Å². The number of halogens is 2. The largest absolute Gasteiger partial charge is 0.360 e. The van der Waals surface area contributed by atoms with Gasteiger partial charge in [-0.3, -0.25) is 4.90 Å². The predicted molar refractivity (Wildman–Crippen MR) is 86.7 cm³/mol. The van der Waals surface area contributed by atoms with Crippen LogP contribution in [-0.2, 0) is 16.6 Å². The zero-order chi connectivity index (χ0) is 17.3. The van der Waals surface area contributed by atoms with Crippen LogP contribution in [0.15, 0.2) is 33.7 Å². The maximum atomic E-state index is 13.9. The molecule has 24 heavy (non-hydrogen) atoms. The number of piperazine rings is 1. The molecule has 0 bridgehead atoms.